The van der Waals surface area contributed by atoms with Gasteiger partial charge in [0.15, 0.2) is 5.92 Å². The van der Waals surface area contributed by atoms with Gasteiger partial charge >= 0.3 is 12.1 Å². The maximum absolute atomic E-state index is 14.1. The van der Waals surface area contributed by atoms with Gasteiger partial charge in [-0.3, -0.25) is 4.94 Å². The van der Waals surface area contributed by atoms with Crippen LogP contribution in [0.4, 0.5) is 13.7 Å². The number of hydrogen-bond acceptors (Lipinski definition) is 5. The summed E-state index contributed by atoms with van der Waals surface area (Å²) < 4.78 is 32.0. The van der Waals surface area contributed by atoms with Crippen LogP contribution in [0.2, 0.25) is 5.02 Å². The molecule has 1 aromatic carbocycles. The molecule has 0 radical (unpaired) electrons. The van der Waals surface area contributed by atoms with Crippen molar-refractivity contribution in [2.45, 2.75) is 58.5 Å². The summed E-state index contributed by atoms with van der Waals surface area (Å²) in [5, 5.41) is 9.40. The topological polar surface area (TPSA) is 79.6 Å². The minimum Gasteiger partial charge on any atom is -0.444 e. The van der Waals surface area contributed by atoms with Crippen LogP contribution in [0.1, 0.15) is 53.0 Å². The number of nitrogens with zero attached hydrogens (tertiary/aromatic N) is 2. The number of ether oxygens (including phenoxy) is 1. The number of piperidine rings is 1. The third-order valence-electron chi connectivity index (χ3n) is 4.80. The SMILES string of the molecule is CC.CC(C)(C)OC(=O)N1CCC(c2ccc(Cl)c(F)c2)(C(C#N)C(=O)OF)CC1. The minimum absolute atomic E-state index is 0.112. The number of amides is 1. The summed E-state index contributed by atoms with van der Waals surface area (Å²) in [6, 6.07) is 5.70. The smallest absolute Gasteiger partial charge is 0.410 e. The second kappa shape index (κ2) is 10.6. The average Bonchev–Trinajstić information content (AvgIpc) is 2.71. The zero-order valence-electron chi connectivity index (χ0n) is 17.8. The summed E-state index contributed by atoms with van der Waals surface area (Å²) in [6.07, 6.45) is -0.314. The Bertz CT molecular complexity index is 797. The number of carbonyl (C=O) groups excluding carboxylic acids is 2. The van der Waals surface area contributed by atoms with Crippen molar-refractivity contribution < 1.29 is 28.2 Å². The van der Waals surface area contributed by atoms with E-state index in [1.54, 1.807) is 26.8 Å². The van der Waals surface area contributed by atoms with E-state index in [-0.39, 0.29) is 31.0 Å². The van der Waals surface area contributed by atoms with E-state index < -0.39 is 34.8 Å². The van der Waals surface area contributed by atoms with Crippen LogP contribution in [0.15, 0.2) is 18.2 Å². The lowest BCUT2D eigenvalue weighted by Crippen LogP contribution is -2.51. The van der Waals surface area contributed by atoms with Crippen molar-refractivity contribution >= 4 is 23.7 Å². The maximum atomic E-state index is 14.1. The summed E-state index contributed by atoms with van der Waals surface area (Å²) in [4.78, 5) is 29.0. The number of likely N-dealkylation sites (tertiary alicyclic amines) is 1. The van der Waals surface area contributed by atoms with Crippen LogP contribution in [0.5, 0.6) is 0 Å². The first-order chi connectivity index (χ1) is 14.0. The number of hydrogen-bond donors (Lipinski definition) is 0. The molecule has 1 aliphatic heterocycles. The number of nitriles is 1. The second-order valence-electron chi connectivity index (χ2n) is 7.71. The predicted molar refractivity (Wildman–Crippen MR) is 108 cm³/mol. The molecule has 1 heterocycles. The Hall–Kier alpha value is -2.40. The molecule has 0 aliphatic carbocycles. The standard InChI is InChI=1S/C19H21ClF2N2O4.C2H6/c1-18(2,3)27-17(26)24-8-6-19(7-9-24,13(11-23)16(25)28-22)12-4-5-14(20)15(21)10-12;1-2/h4-5,10,13H,6-9H2,1-3H3;1-2H3. The molecule has 1 fully saturated rings. The van der Waals surface area contributed by atoms with Gasteiger partial charge < -0.3 is 9.64 Å². The lowest BCUT2D eigenvalue weighted by atomic mass is 9.64. The van der Waals surface area contributed by atoms with Crippen LogP contribution < -0.4 is 0 Å². The fourth-order valence-electron chi connectivity index (χ4n) is 3.41. The molecule has 0 bridgehead atoms. The Kier molecular flexibility index (Phi) is 9.04. The number of benzene rings is 1. The van der Waals surface area contributed by atoms with Crippen LogP contribution in [0.25, 0.3) is 0 Å². The van der Waals surface area contributed by atoms with Crippen molar-refractivity contribution in [2.24, 2.45) is 5.92 Å². The molecule has 0 N–H and O–H groups in total. The van der Waals surface area contributed by atoms with E-state index in [1.807, 2.05) is 13.8 Å². The van der Waals surface area contributed by atoms with E-state index in [0.717, 1.165) is 6.07 Å². The molecule has 6 nitrogen and oxygen atoms in total. The Labute approximate surface area is 180 Å². The zero-order chi connectivity index (χ0) is 23.1. The number of carbonyl (C=O) groups is 2. The van der Waals surface area contributed by atoms with Gasteiger partial charge in [0.2, 0.25) is 0 Å². The van der Waals surface area contributed by atoms with Crippen molar-refractivity contribution in [3.05, 3.63) is 34.6 Å². The van der Waals surface area contributed by atoms with Gasteiger partial charge in [0, 0.05) is 23.0 Å². The van der Waals surface area contributed by atoms with Gasteiger partial charge in [-0.2, -0.15) is 5.26 Å². The summed E-state index contributed by atoms with van der Waals surface area (Å²) in [5.74, 6) is -3.60. The molecule has 1 unspecified atom stereocenters. The van der Waals surface area contributed by atoms with E-state index in [2.05, 4.69) is 4.94 Å². The van der Waals surface area contributed by atoms with E-state index in [9.17, 15) is 23.8 Å². The molecule has 0 saturated carbocycles. The molecule has 1 aromatic rings. The van der Waals surface area contributed by atoms with Crippen molar-refractivity contribution in [1.29, 1.82) is 5.26 Å². The first kappa shape index (κ1) is 25.6. The lowest BCUT2D eigenvalue weighted by Gasteiger charge is -2.43. The van der Waals surface area contributed by atoms with Gasteiger partial charge in [-0.25, -0.2) is 14.0 Å². The van der Waals surface area contributed by atoms with Gasteiger partial charge in [-0.05, 0) is 51.3 Å². The van der Waals surface area contributed by atoms with Gasteiger partial charge in [0.05, 0.1) is 11.1 Å². The third-order valence-corrected chi connectivity index (χ3v) is 5.10. The highest BCUT2D eigenvalue weighted by molar-refractivity contribution is 6.30. The van der Waals surface area contributed by atoms with Gasteiger partial charge in [0.1, 0.15) is 11.4 Å². The molecule has 1 aliphatic rings. The molecule has 166 valence electrons. The average molecular weight is 445 g/mol. The first-order valence-corrected chi connectivity index (χ1v) is 10.1. The molecule has 1 amide bonds. The molecule has 1 saturated heterocycles. The van der Waals surface area contributed by atoms with Crippen LogP contribution >= 0.6 is 11.6 Å². The van der Waals surface area contributed by atoms with Crippen molar-refractivity contribution in [2.75, 3.05) is 13.1 Å². The highest BCUT2D eigenvalue weighted by atomic mass is 35.5. The fourth-order valence-corrected chi connectivity index (χ4v) is 3.53. The van der Waals surface area contributed by atoms with Crippen molar-refractivity contribution in [3.8, 4) is 6.07 Å². The van der Waals surface area contributed by atoms with Gasteiger partial charge in [-0.15, -0.1) is 0 Å². The molecule has 30 heavy (non-hydrogen) atoms. The number of rotatable bonds is 3. The summed E-state index contributed by atoms with van der Waals surface area (Å²) >= 11 is 5.73. The molecular formula is C21H27ClF2N2O4. The predicted octanol–water partition coefficient (Wildman–Crippen LogP) is 5.34. The Morgan fingerprint density at radius 1 is 1.27 bits per heavy atom. The quantitative estimate of drug-likeness (QED) is 0.628. The third kappa shape index (κ3) is 5.82. The second-order valence-corrected chi connectivity index (χ2v) is 8.12. The van der Waals surface area contributed by atoms with E-state index >= 15 is 0 Å². The fraction of sp³-hybridized carbons (Fsp3) is 0.571. The van der Waals surface area contributed by atoms with Gasteiger partial charge in [0.25, 0.3) is 0 Å². The Balaban J connectivity index is 0.00000218. The van der Waals surface area contributed by atoms with E-state index in [4.69, 9.17) is 16.3 Å². The largest absolute Gasteiger partial charge is 0.444 e. The van der Waals surface area contributed by atoms with E-state index in [1.165, 1.54) is 17.0 Å². The van der Waals surface area contributed by atoms with Gasteiger partial charge in [-0.1, -0.05) is 31.5 Å². The minimum atomic E-state index is -1.51. The summed E-state index contributed by atoms with van der Waals surface area (Å²) in [6.45, 7) is 9.48. The monoisotopic (exact) mass is 444 g/mol. The Morgan fingerprint density at radius 3 is 2.27 bits per heavy atom. The molecule has 0 spiro atoms. The van der Waals surface area contributed by atoms with Crippen LogP contribution in [0.3, 0.4) is 0 Å². The van der Waals surface area contributed by atoms with Crippen LogP contribution in [0, 0.1) is 23.1 Å². The summed E-state index contributed by atoms with van der Waals surface area (Å²) in [5.41, 5.74) is -1.60. The zero-order valence-corrected chi connectivity index (χ0v) is 18.6. The van der Waals surface area contributed by atoms with Crippen molar-refractivity contribution in [3.63, 3.8) is 0 Å². The molecular weight excluding hydrogens is 418 g/mol. The van der Waals surface area contributed by atoms with Crippen molar-refractivity contribution in [1.82, 2.24) is 4.90 Å². The normalized spacial score (nSPS) is 16.4. The Morgan fingerprint density at radius 2 is 1.83 bits per heavy atom. The molecule has 1 atom stereocenters. The number of halogens is 3. The first-order valence-electron chi connectivity index (χ1n) is 9.69. The van der Waals surface area contributed by atoms with Crippen LogP contribution in [-0.2, 0) is 19.9 Å². The molecule has 9 heteroatoms. The lowest BCUT2D eigenvalue weighted by molar-refractivity contribution is -0.190. The highest BCUT2D eigenvalue weighted by Gasteiger charge is 2.49. The highest BCUT2D eigenvalue weighted by Crippen LogP contribution is 2.43. The molecule has 2 rings (SSSR count). The summed E-state index contributed by atoms with van der Waals surface area (Å²) in [7, 11) is 0. The van der Waals surface area contributed by atoms with Crippen LogP contribution in [-0.4, -0.2) is 35.7 Å². The maximum Gasteiger partial charge on any atom is 0.410 e. The molecule has 0 aromatic heterocycles. The van der Waals surface area contributed by atoms with E-state index in [0.29, 0.717) is 5.56 Å².